The highest BCUT2D eigenvalue weighted by Crippen LogP contribution is 2.15. The molecule has 0 saturated carbocycles. The number of hydrogen-bond acceptors (Lipinski definition) is 5. The van der Waals surface area contributed by atoms with Crippen LogP contribution in [0.3, 0.4) is 0 Å². The van der Waals surface area contributed by atoms with Crippen LogP contribution in [0.1, 0.15) is 6.42 Å². The van der Waals surface area contributed by atoms with Crippen molar-refractivity contribution in [1.82, 2.24) is 10.2 Å². The van der Waals surface area contributed by atoms with E-state index in [9.17, 15) is 9.59 Å². The summed E-state index contributed by atoms with van der Waals surface area (Å²) in [5.41, 5.74) is 6.65. The van der Waals surface area contributed by atoms with Crippen molar-refractivity contribution < 1.29 is 14.3 Å². The lowest BCUT2D eigenvalue weighted by Gasteiger charge is -2.36. The van der Waals surface area contributed by atoms with Crippen LogP contribution in [0.25, 0.3) is 0 Å². The number of nitrogens with one attached hydrogen (secondary N) is 1. The van der Waals surface area contributed by atoms with Crippen LogP contribution in [0.15, 0.2) is 30.3 Å². The van der Waals surface area contributed by atoms with E-state index in [-0.39, 0.29) is 37.4 Å². The zero-order chi connectivity index (χ0) is 17.4. The Morgan fingerprint density at radius 3 is 2.46 bits per heavy atom. The van der Waals surface area contributed by atoms with Crippen LogP contribution in [0.4, 0.5) is 5.69 Å². The Bertz CT molecular complexity index is 526. The van der Waals surface area contributed by atoms with Gasteiger partial charge in [0.25, 0.3) is 0 Å². The van der Waals surface area contributed by atoms with Gasteiger partial charge in [-0.3, -0.25) is 9.59 Å². The van der Waals surface area contributed by atoms with Gasteiger partial charge in [0.2, 0.25) is 11.8 Å². The normalized spacial score (nSPS) is 15.9. The number of ether oxygens (including phenoxy) is 1. The van der Waals surface area contributed by atoms with E-state index in [2.05, 4.69) is 22.3 Å². The third kappa shape index (κ3) is 5.21. The van der Waals surface area contributed by atoms with Crippen LogP contribution in [0.5, 0.6) is 0 Å². The second-order valence-corrected chi connectivity index (χ2v) is 5.78. The third-order valence-electron chi connectivity index (χ3n) is 4.20. The molecule has 1 aromatic carbocycles. The summed E-state index contributed by atoms with van der Waals surface area (Å²) in [6, 6.07) is 10.2. The van der Waals surface area contributed by atoms with E-state index in [1.165, 1.54) is 12.8 Å². The molecule has 0 radical (unpaired) electrons. The van der Waals surface area contributed by atoms with Crippen molar-refractivity contribution in [3.8, 4) is 0 Å². The number of nitrogens with two attached hydrogens (primary N) is 1. The number of rotatable bonds is 7. The standard InChI is InChI=1S/C17H26N4O3/c1-24-15(12-18)11-16(22)19-13-17(23)21-9-7-20(8-10-21)14-5-3-2-4-6-14/h2-6,15H,7-13,18H2,1H3,(H,19,22). The van der Waals surface area contributed by atoms with E-state index < -0.39 is 0 Å². The molecule has 132 valence electrons. The van der Waals surface area contributed by atoms with Gasteiger partial charge >= 0.3 is 0 Å². The van der Waals surface area contributed by atoms with Crippen LogP contribution < -0.4 is 16.0 Å². The van der Waals surface area contributed by atoms with Crippen LogP contribution in [-0.4, -0.2) is 69.2 Å². The predicted octanol–water partition coefficient (Wildman–Crippen LogP) is -0.185. The van der Waals surface area contributed by atoms with Crippen molar-refractivity contribution in [2.75, 3.05) is 51.3 Å². The molecule has 1 saturated heterocycles. The van der Waals surface area contributed by atoms with Gasteiger partial charge < -0.3 is 25.6 Å². The van der Waals surface area contributed by atoms with Gasteiger partial charge in [-0.2, -0.15) is 0 Å². The molecule has 1 aliphatic heterocycles. The summed E-state index contributed by atoms with van der Waals surface area (Å²) in [5, 5.41) is 2.64. The highest BCUT2D eigenvalue weighted by Gasteiger charge is 2.21. The summed E-state index contributed by atoms with van der Waals surface area (Å²) < 4.78 is 5.06. The van der Waals surface area contributed by atoms with E-state index in [4.69, 9.17) is 10.5 Å². The van der Waals surface area contributed by atoms with Crippen LogP contribution in [0.2, 0.25) is 0 Å². The van der Waals surface area contributed by atoms with Crippen LogP contribution in [-0.2, 0) is 14.3 Å². The van der Waals surface area contributed by atoms with E-state index in [0.717, 1.165) is 13.1 Å². The number of carbonyl (C=O) groups excluding carboxylic acids is 2. The average molecular weight is 334 g/mol. The second-order valence-electron chi connectivity index (χ2n) is 5.78. The minimum Gasteiger partial charge on any atom is -0.380 e. The van der Waals surface area contributed by atoms with Crippen molar-refractivity contribution in [3.63, 3.8) is 0 Å². The summed E-state index contributed by atoms with van der Waals surface area (Å²) in [4.78, 5) is 28.0. The SMILES string of the molecule is COC(CN)CC(=O)NCC(=O)N1CCN(c2ccccc2)CC1. The Labute approximate surface area is 142 Å². The monoisotopic (exact) mass is 334 g/mol. The topological polar surface area (TPSA) is 87.9 Å². The Morgan fingerprint density at radius 2 is 1.88 bits per heavy atom. The van der Waals surface area contributed by atoms with Gasteiger partial charge in [-0.15, -0.1) is 0 Å². The molecule has 0 aromatic heterocycles. The number of hydrogen-bond donors (Lipinski definition) is 2. The molecule has 7 nitrogen and oxygen atoms in total. The molecule has 0 bridgehead atoms. The lowest BCUT2D eigenvalue weighted by atomic mass is 10.2. The smallest absolute Gasteiger partial charge is 0.242 e. The van der Waals surface area contributed by atoms with Crippen molar-refractivity contribution in [2.45, 2.75) is 12.5 Å². The van der Waals surface area contributed by atoms with Crippen molar-refractivity contribution in [3.05, 3.63) is 30.3 Å². The zero-order valence-electron chi connectivity index (χ0n) is 14.1. The van der Waals surface area contributed by atoms with Gasteiger partial charge in [0.1, 0.15) is 0 Å². The first-order valence-electron chi connectivity index (χ1n) is 8.21. The van der Waals surface area contributed by atoms with Gasteiger partial charge in [0.15, 0.2) is 0 Å². The summed E-state index contributed by atoms with van der Waals surface area (Å²) in [7, 11) is 1.52. The first kappa shape index (κ1) is 18.2. The minimum atomic E-state index is -0.311. The molecule has 0 aliphatic carbocycles. The maximum atomic E-state index is 12.2. The first-order valence-corrected chi connectivity index (χ1v) is 8.21. The number of amides is 2. The van der Waals surface area contributed by atoms with Crippen LogP contribution in [0, 0.1) is 0 Å². The van der Waals surface area contributed by atoms with Gasteiger partial charge in [-0.05, 0) is 12.1 Å². The number of carbonyl (C=O) groups is 2. The van der Waals surface area contributed by atoms with Gasteiger partial charge in [-0.25, -0.2) is 0 Å². The largest absolute Gasteiger partial charge is 0.380 e. The van der Waals surface area contributed by atoms with E-state index >= 15 is 0 Å². The molecule has 2 amide bonds. The number of benzene rings is 1. The highest BCUT2D eigenvalue weighted by molar-refractivity contribution is 5.85. The minimum absolute atomic E-state index is 0.0190. The Kier molecular flexibility index (Phi) is 7.02. The van der Waals surface area contributed by atoms with Gasteiger partial charge in [-0.1, -0.05) is 18.2 Å². The predicted molar refractivity (Wildman–Crippen MR) is 92.7 cm³/mol. The van der Waals surface area contributed by atoms with E-state index in [0.29, 0.717) is 13.1 Å². The average Bonchev–Trinajstić information content (AvgIpc) is 2.65. The fourth-order valence-electron chi connectivity index (χ4n) is 2.68. The number of para-hydroxylation sites is 1. The molecule has 1 aliphatic rings. The lowest BCUT2D eigenvalue weighted by Crippen LogP contribution is -2.51. The second kappa shape index (κ2) is 9.24. The van der Waals surface area contributed by atoms with Crippen molar-refractivity contribution in [1.29, 1.82) is 0 Å². The molecule has 1 heterocycles. The summed E-state index contributed by atoms with van der Waals surface area (Å²) in [6.07, 6.45) is -0.142. The van der Waals surface area contributed by atoms with Crippen molar-refractivity contribution >= 4 is 17.5 Å². The molecule has 1 atom stereocenters. The molecule has 7 heteroatoms. The Balaban J connectivity index is 1.72. The molecule has 3 N–H and O–H groups in total. The molecule has 24 heavy (non-hydrogen) atoms. The Hall–Kier alpha value is -2.12. The van der Waals surface area contributed by atoms with Gasteiger partial charge in [0, 0.05) is 45.5 Å². The number of methoxy groups -OCH3 is 1. The lowest BCUT2D eigenvalue weighted by molar-refractivity contribution is -0.133. The molecule has 1 fully saturated rings. The van der Waals surface area contributed by atoms with E-state index in [1.54, 1.807) is 4.90 Å². The molecule has 1 unspecified atom stereocenters. The summed E-state index contributed by atoms with van der Waals surface area (Å²) in [5.74, 6) is -0.277. The molecule has 1 aromatic rings. The van der Waals surface area contributed by atoms with Gasteiger partial charge in [0.05, 0.1) is 19.1 Å². The molecule has 2 rings (SSSR count). The molecule has 0 spiro atoms. The maximum Gasteiger partial charge on any atom is 0.242 e. The fraction of sp³-hybridized carbons (Fsp3) is 0.529. The number of nitrogens with zero attached hydrogens (tertiary/aromatic N) is 2. The van der Waals surface area contributed by atoms with Crippen LogP contribution >= 0.6 is 0 Å². The molecular formula is C17H26N4O3. The zero-order valence-corrected chi connectivity index (χ0v) is 14.1. The van der Waals surface area contributed by atoms with E-state index in [1.807, 2.05) is 18.2 Å². The fourth-order valence-corrected chi connectivity index (χ4v) is 2.68. The highest BCUT2D eigenvalue weighted by atomic mass is 16.5. The van der Waals surface area contributed by atoms with Crippen molar-refractivity contribution in [2.24, 2.45) is 5.73 Å². The molecular weight excluding hydrogens is 308 g/mol. The first-order chi connectivity index (χ1) is 11.6. The number of anilines is 1. The summed E-state index contributed by atoms with van der Waals surface area (Å²) >= 11 is 0. The number of piperazine rings is 1. The Morgan fingerprint density at radius 1 is 1.21 bits per heavy atom. The third-order valence-corrected chi connectivity index (χ3v) is 4.20. The maximum absolute atomic E-state index is 12.2. The quantitative estimate of drug-likeness (QED) is 0.722. The summed E-state index contributed by atoms with van der Waals surface area (Å²) in [6.45, 7) is 3.20.